The molecule has 0 radical (unpaired) electrons. The number of esters is 1. The van der Waals surface area contributed by atoms with E-state index in [9.17, 15) is 14.4 Å². The largest absolute Gasteiger partial charge is 0.467 e. The van der Waals surface area contributed by atoms with E-state index in [1.165, 1.54) is 7.11 Å². The SMILES string of the molecule is COC(=O)C(CCC(=O)NCCC#N)NC(=O)OC(C)(C)C. The van der Waals surface area contributed by atoms with Gasteiger partial charge in [-0.3, -0.25) is 4.79 Å². The summed E-state index contributed by atoms with van der Waals surface area (Å²) >= 11 is 0. The molecular weight excluding hydrogens is 290 g/mol. The number of carbonyl (C=O) groups is 3. The zero-order valence-corrected chi connectivity index (χ0v) is 13.4. The Bertz CT molecular complexity index is 437. The Balaban J connectivity index is 4.42. The van der Waals surface area contributed by atoms with Gasteiger partial charge in [-0.15, -0.1) is 0 Å². The first-order valence-electron chi connectivity index (χ1n) is 6.90. The minimum Gasteiger partial charge on any atom is -0.467 e. The zero-order valence-electron chi connectivity index (χ0n) is 13.4. The molecule has 0 spiro atoms. The van der Waals surface area contributed by atoms with E-state index in [1.54, 1.807) is 20.8 Å². The number of ether oxygens (including phenoxy) is 2. The molecular formula is C14H23N3O5. The number of hydrogen-bond donors (Lipinski definition) is 2. The van der Waals surface area contributed by atoms with Gasteiger partial charge in [-0.25, -0.2) is 9.59 Å². The van der Waals surface area contributed by atoms with Crippen LogP contribution < -0.4 is 10.6 Å². The van der Waals surface area contributed by atoms with E-state index >= 15 is 0 Å². The average Bonchev–Trinajstić information content (AvgIpc) is 2.40. The van der Waals surface area contributed by atoms with Crippen molar-refractivity contribution in [3.63, 3.8) is 0 Å². The van der Waals surface area contributed by atoms with Gasteiger partial charge in [-0.1, -0.05) is 0 Å². The summed E-state index contributed by atoms with van der Waals surface area (Å²) in [6, 6.07) is 0.930. The van der Waals surface area contributed by atoms with Crippen LogP contribution >= 0.6 is 0 Å². The summed E-state index contributed by atoms with van der Waals surface area (Å²) in [5.41, 5.74) is -0.695. The van der Waals surface area contributed by atoms with Gasteiger partial charge in [-0.05, 0) is 27.2 Å². The number of nitriles is 1. The van der Waals surface area contributed by atoms with Crippen LogP contribution in [0.2, 0.25) is 0 Å². The van der Waals surface area contributed by atoms with E-state index in [0.29, 0.717) is 0 Å². The number of nitrogens with zero attached hydrogens (tertiary/aromatic N) is 1. The van der Waals surface area contributed by atoms with Crippen molar-refractivity contribution >= 4 is 18.0 Å². The summed E-state index contributed by atoms with van der Waals surface area (Å²) in [6.45, 7) is 5.34. The number of nitrogens with one attached hydrogen (secondary N) is 2. The Hall–Kier alpha value is -2.30. The fourth-order valence-electron chi connectivity index (χ4n) is 1.46. The molecule has 1 atom stereocenters. The average molecular weight is 313 g/mol. The van der Waals surface area contributed by atoms with E-state index in [0.717, 1.165) is 0 Å². The van der Waals surface area contributed by atoms with Gasteiger partial charge in [0.2, 0.25) is 5.91 Å². The Morgan fingerprint density at radius 2 is 1.91 bits per heavy atom. The van der Waals surface area contributed by atoms with Crippen molar-refractivity contribution in [3.05, 3.63) is 0 Å². The second-order valence-electron chi connectivity index (χ2n) is 5.52. The third-order valence-electron chi connectivity index (χ3n) is 2.40. The standard InChI is InChI=1S/C14H23N3O5/c1-14(2,3)22-13(20)17-10(12(19)21-4)6-7-11(18)16-9-5-8-15/h10H,5-7,9H2,1-4H3,(H,16,18)(H,17,20). The molecule has 1 unspecified atom stereocenters. The highest BCUT2D eigenvalue weighted by molar-refractivity contribution is 5.82. The first kappa shape index (κ1) is 19.7. The molecule has 2 amide bonds. The number of amides is 2. The van der Waals surface area contributed by atoms with Crippen LogP contribution in [0.5, 0.6) is 0 Å². The predicted octanol–water partition coefficient (Wildman–Crippen LogP) is 0.863. The molecule has 22 heavy (non-hydrogen) atoms. The Morgan fingerprint density at radius 1 is 1.27 bits per heavy atom. The van der Waals surface area contributed by atoms with Crippen molar-refractivity contribution in [2.45, 2.75) is 51.7 Å². The van der Waals surface area contributed by atoms with Gasteiger partial charge in [0.25, 0.3) is 0 Å². The van der Waals surface area contributed by atoms with E-state index in [1.807, 2.05) is 6.07 Å². The van der Waals surface area contributed by atoms with Gasteiger partial charge in [-0.2, -0.15) is 5.26 Å². The Morgan fingerprint density at radius 3 is 2.41 bits per heavy atom. The quantitative estimate of drug-likeness (QED) is 0.532. The molecule has 2 N–H and O–H groups in total. The van der Waals surface area contributed by atoms with E-state index in [2.05, 4.69) is 15.4 Å². The first-order chi connectivity index (χ1) is 10.2. The van der Waals surface area contributed by atoms with E-state index in [-0.39, 0.29) is 31.7 Å². The lowest BCUT2D eigenvalue weighted by Gasteiger charge is -2.22. The number of carbonyl (C=O) groups excluding carboxylic acids is 3. The number of alkyl carbamates (subject to hydrolysis) is 1. The first-order valence-corrected chi connectivity index (χ1v) is 6.90. The molecule has 0 fully saturated rings. The molecule has 0 aliphatic carbocycles. The molecule has 0 aromatic rings. The topological polar surface area (TPSA) is 118 Å². The molecule has 8 nitrogen and oxygen atoms in total. The third-order valence-corrected chi connectivity index (χ3v) is 2.40. The fraction of sp³-hybridized carbons (Fsp3) is 0.714. The highest BCUT2D eigenvalue weighted by Crippen LogP contribution is 2.08. The van der Waals surface area contributed by atoms with Crippen LogP contribution in [0, 0.1) is 11.3 Å². The highest BCUT2D eigenvalue weighted by Gasteiger charge is 2.25. The van der Waals surface area contributed by atoms with Crippen molar-refractivity contribution in [1.29, 1.82) is 5.26 Å². The fourth-order valence-corrected chi connectivity index (χ4v) is 1.46. The maximum Gasteiger partial charge on any atom is 0.408 e. The van der Waals surface area contributed by atoms with Gasteiger partial charge in [0.1, 0.15) is 11.6 Å². The Labute approximate surface area is 130 Å². The molecule has 8 heteroatoms. The van der Waals surface area contributed by atoms with Crippen molar-refractivity contribution in [1.82, 2.24) is 10.6 Å². The van der Waals surface area contributed by atoms with Crippen molar-refractivity contribution in [3.8, 4) is 6.07 Å². The molecule has 0 aliphatic rings. The van der Waals surface area contributed by atoms with Crippen LogP contribution in [-0.2, 0) is 19.1 Å². The van der Waals surface area contributed by atoms with Crippen LogP contribution in [0.1, 0.15) is 40.0 Å². The highest BCUT2D eigenvalue weighted by atomic mass is 16.6. The number of rotatable bonds is 7. The maximum atomic E-state index is 11.7. The molecule has 0 aliphatic heterocycles. The number of hydrogen-bond acceptors (Lipinski definition) is 6. The second kappa shape index (κ2) is 9.60. The lowest BCUT2D eigenvalue weighted by molar-refractivity contribution is -0.143. The summed E-state index contributed by atoms with van der Waals surface area (Å²) in [5.74, 6) is -0.967. The third kappa shape index (κ3) is 9.58. The van der Waals surface area contributed by atoms with Crippen molar-refractivity contribution in [2.75, 3.05) is 13.7 Å². The molecule has 0 aromatic heterocycles. The molecule has 124 valence electrons. The molecule has 0 rings (SSSR count). The molecule has 0 aromatic carbocycles. The lowest BCUT2D eigenvalue weighted by Crippen LogP contribution is -2.44. The number of methoxy groups -OCH3 is 1. The molecule has 0 saturated heterocycles. The molecule has 0 saturated carbocycles. The minimum absolute atomic E-state index is 0.0149. The molecule has 0 heterocycles. The van der Waals surface area contributed by atoms with Crippen molar-refractivity contribution < 1.29 is 23.9 Å². The van der Waals surface area contributed by atoms with Crippen LogP contribution in [0.15, 0.2) is 0 Å². The van der Waals surface area contributed by atoms with Gasteiger partial charge in [0, 0.05) is 13.0 Å². The van der Waals surface area contributed by atoms with Crippen LogP contribution in [0.3, 0.4) is 0 Å². The van der Waals surface area contributed by atoms with E-state index < -0.39 is 23.7 Å². The second-order valence-corrected chi connectivity index (χ2v) is 5.52. The normalized spacial score (nSPS) is 11.8. The smallest absolute Gasteiger partial charge is 0.408 e. The van der Waals surface area contributed by atoms with Crippen LogP contribution in [0.25, 0.3) is 0 Å². The zero-order chi connectivity index (χ0) is 17.2. The monoisotopic (exact) mass is 313 g/mol. The minimum atomic E-state index is -0.971. The van der Waals surface area contributed by atoms with Crippen LogP contribution in [0.4, 0.5) is 4.79 Å². The summed E-state index contributed by atoms with van der Waals surface area (Å²) in [7, 11) is 1.19. The van der Waals surface area contributed by atoms with Gasteiger partial charge >= 0.3 is 12.1 Å². The summed E-state index contributed by atoms with van der Waals surface area (Å²) in [6.07, 6.45) is -0.457. The Kier molecular flexibility index (Phi) is 8.60. The van der Waals surface area contributed by atoms with Gasteiger partial charge < -0.3 is 20.1 Å². The molecule has 0 bridgehead atoms. The predicted molar refractivity (Wildman–Crippen MR) is 77.6 cm³/mol. The summed E-state index contributed by atoms with van der Waals surface area (Å²) in [5, 5.41) is 13.3. The van der Waals surface area contributed by atoms with E-state index in [4.69, 9.17) is 10.00 Å². The lowest BCUT2D eigenvalue weighted by atomic mass is 10.1. The summed E-state index contributed by atoms with van der Waals surface area (Å²) in [4.78, 5) is 34.8. The van der Waals surface area contributed by atoms with Gasteiger partial charge in [0.15, 0.2) is 0 Å². The van der Waals surface area contributed by atoms with Crippen molar-refractivity contribution in [2.24, 2.45) is 0 Å². The van der Waals surface area contributed by atoms with Crippen LogP contribution in [-0.4, -0.2) is 43.3 Å². The van der Waals surface area contributed by atoms with Gasteiger partial charge in [0.05, 0.1) is 19.6 Å². The summed E-state index contributed by atoms with van der Waals surface area (Å²) < 4.78 is 9.64. The maximum absolute atomic E-state index is 11.7.